The molecule has 0 amide bonds. The second-order valence-corrected chi connectivity index (χ2v) is 5.31. The van der Waals surface area contributed by atoms with Gasteiger partial charge < -0.3 is 5.32 Å². The van der Waals surface area contributed by atoms with Crippen LogP contribution in [0.25, 0.3) is 11.0 Å². The van der Waals surface area contributed by atoms with Gasteiger partial charge in [-0.3, -0.25) is 9.78 Å². The molecule has 0 saturated carbocycles. The Balaban J connectivity index is 1.57. The van der Waals surface area contributed by atoms with Gasteiger partial charge in [-0.2, -0.15) is 10.2 Å². The lowest BCUT2D eigenvalue weighted by atomic mass is 10.2. The molecule has 3 heterocycles. The Bertz CT molecular complexity index is 939. The minimum atomic E-state index is 0.665. The van der Waals surface area contributed by atoms with Crippen LogP contribution in [0.5, 0.6) is 0 Å². The normalized spacial score (nSPS) is 11.0. The fraction of sp³-hybridized carbons (Fsp3) is 0.125. The summed E-state index contributed by atoms with van der Waals surface area (Å²) in [6.45, 7) is 2.66. The topological polar surface area (TPSA) is 84.3 Å². The van der Waals surface area contributed by atoms with Crippen molar-refractivity contribution in [3.63, 3.8) is 0 Å². The summed E-state index contributed by atoms with van der Waals surface area (Å²) in [5.74, 6) is 0.665. The number of rotatable bonds is 4. The lowest BCUT2D eigenvalue weighted by Crippen LogP contribution is -1.99. The quantitative estimate of drug-likeness (QED) is 0.605. The molecule has 1 aromatic carbocycles. The zero-order chi connectivity index (χ0) is 15.6. The Morgan fingerprint density at radius 1 is 1.13 bits per heavy atom. The summed E-state index contributed by atoms with van der Waals surface area (Å²) in [5, 5.41) is 14.8. The predicted molar refractivity (Wildman–Crippen MR) is 87.5 cm³/mol. The van der Waals surface area contributed by atoms with E-state index in [1.54, 1.807) is 6.20 Å². The molecule has 0 radical (unpaired) electrons. The van der Waals surface area contributed by atoms with Gasteiger partial charge in [-0.15, -0.1) is 0 Å². The van der Waals surface area contributed by atoms with E-state index >= 15 is 0 Å². The van der Waals surface area contributed by atoms with E-state index in [1.165, 1.54) is 11.9 Å². The van der Waals surface area contributed by atoms with E-state index in [0.29, 0.717) is 5.82 Å². The predicted octanol–water partition coefficient (Wildman–Crippen LogP) is 2.65. The molecule has 4 rings (SSSR count). The number of benzene rings is 1. The van der Waals surface area contributed by atoms with Crippen LogP contribution in [0.2, 0.25) is 0 Å². The Morgan fingerprint density at radius 2 is 2.00 bits per heavy atom. The van der Waals surface area contributed by atoms with Crippen LogP contribution in [0.15, 0.2) is 49.1 Å². The van der Waals surface area contributed by atoms with Crippen LogP contribution in [0, 0.1) is 6.92 Å². The molecule has 0 unspecified atom stereocenters. The molecule has 114 valence electrons. The molecule has 0 aliphatic carbocycles. The Labute approximate surface area is 132 Å². The molecule has 23 heavy (non-hydrogen) atoms. The Hall–Kier alpha value is -3.22. The number of fused-ring (bicyclic) bond motifs is 1. The molecule has 7 nitrogen and oxygen atoms in total. The molecule has 0 aliphatic rings. The van der Waals surface area contributed by atoms with Crippen LogP contribution in [-0.2, 0) is 6.54 Å². The van der Waals surface area contributed by atoms with Crippen molar-refractivity contribution in [2.45, 2.75) is 13.5 Å². The number of aromatic nitrogens is 6. The first-order valence-electron chi connectivity index (χ1n) is 7.29. The molecule has 0 fully saturated rings. The average Bonchev–Trinajstić information content (AvgIpc) is 3.16. The second-order valence-electron chi connectivity index (χ2n) is 5.31. The molecule has 0 atom stereocenters. The van der Waals surface area contributed by atoms with Gasteiger partial charge in [-0.1, -0.05) is 30.3 Å². The number of nitrogens with zero attached hydrogens (tertiary/aromatic N) is 5. The number of hydrogen-bond donors (Lipinski definition) is 2. The summed E-state index contributed by atoms with van der Waals surface area (Å²) in [5.41, 5.74) is 4.53. The fourth-order valence-corrected chi connectivity index (χ4v) is 2.47. The molecular weight excluding hydrogens is 290 g/mol. The first-order valence-corrected chi connectivity index (χ1v) is 7.29. The first kappa shape index (κ1) is 13.4. The third-order valence-electron chi connectivity index (χ3n) is 3.60. The van der Waals surface area contributed by atoms with E-state index in [-0.39, 0.29) is 0 Å². The van der Waals surface area contributed by atoms with Gasteiger partial charge in [0.2, 0.25) is 0 Å². The summed E-state index contributed by atoms with van der Waals surface area (Å²) in [6, 6.07) is 10.2. The highest BCUT2D eigenvalue weighted by Gasteiger charge is 2.10. The minimum absolute atomic E-state index is 0.665. The van der Waals surface area contributed by atoms with Gasteiger partial charge >= 0.3 is 0 Å². The highest BCUT2D eigenvalue weighted by atomic mass is 15.3. The van der Waals surface area contributed by atoms with Gasteiger partial charge in [-0.25, -0.2) is 9.97 Å². The number of hydrogen-bond acceptors (Lipinski definition) is 5. The zero-order valence-corrected chi connectivity index (χ0v) is 12.6. The molecular formula is C16H15N7. The van der Waals surface area contributed by atoms with Crippen molar-refractivity contribution in [1.29, 1.82) is 0 Å². The standard InChI is InChI=1S/C16H15N7/c1-11-14-15(22-21-11)16(18-10-17-14)20-13-7-19-23(9-13)8-12-5-3-2-4-6-12/h2-7,9-10H,8H2,1H3,(H,21,22)(H,17,18,20). The molecule has 0 spiro atoms. The van der Waals surface area contributed by atoms with Gasteiger partial charge in [0.15, 0.2) is 11.3 Å². The third kappa shape index (κ3) is 2.64. The van der Waals surface area contributed by atoms with Crippen LogP contribution in [-0.4, -0.2) is 29.9 Å². The fourth-order valence-electron chi connectivity index (χ4n) is 2.47. The lowest BCUT2D eigenvalue weighted by molar-refractivity contribution is 0.687. The molecule has 0 bridgehead atoms. The van der Waals surface area contributed by atoms with Crippen LogP contribution in [0.3, 0.4) is 0 Å². The monoisotopic (exact) mass is 305 g/mol. The summed E-state index contributed by atoms with van der Waals surface area (Å²) in [6.07, 6.45) is 5.25. The minimum Gasteiger partial charge on any atom is -0.336 e. The second kappa shape index (κ2) is 5.53. The molecule has 4 aromatic rings. The van der Waals surface area contributed by atoms with Gasteiger partial charge in [0, 0.05) is 6.20 Å². The summed E-state index contributed by atoms with van der Waals surface area (Å²) in [4.78, 5) is 8.51. The summed E-state index contributed by atoms with van der Waals surface area (Å²) >= 11 is 0. The van der Waals surface area contributed by atoms with E-state index in [0.717, 1.165) is 29.0 Å². The van der Waals surface area contributed by atoms with Gasteiger partial charge in [0.1, 0.15) is 11.8 Å². The van der Waals surface area contributed by atoms with Gasteiger partial charge in [-0.05, 0) is 12.5 Å². The highest BCUT2D eigenvalue weighted by Crippen LogP contribution is 2.22. The van der Waals surface area contributed by atoms with Crippen molar-refractivity contribution in [2.24, 2.45) is 0 Å². The SMILES string of the molecule is Cc1[nH]nc2c(Nc3cnn(Cc4ccccc4)c3)ncnc12. The van der Waals surface area contributed by atoms with E-state index in [1.807, 2.05) is 36.0 Å². The van der Waals surface area contributed by atoms with Crippen molar-refractivity contribution in [3.8, 4) is 0 Å². The lowest BCUT2D eigenvalue weighted by Gasteiger charge is -2.03. The summed E-state index contributed by atoms with van der Waals surface area (Å²) in [7, 11) is 0. The highest BCUT2D eigenvalue weighted by molar-refractivity contribution is 5.88. The largest absolute Gasteiger partial charge is 0.336 e. The van der Waals surface area contributed by atoms with Crippen LogP contribution in [0.4, 0.5) is 11.5 Å². The number of nitrogens with one attached hydrogen (secondary N) is 2. The van der Waals surface area contributed by atoms with Crippen LogP contribution in [0.1, 0.15) is 11.3 Å². The molecule has 3 aromatic heterocycles. The molecule has 7 heteroatoms. The zero-order valence-electron chi connectivity index (χ0n) is 12.6. The van der Waals surface area contributed by atoms with E-state index in [9.17, 15) is 0 Å². The summed E-state index contributed by atoms with van der Waals surface area (Å²) < 4.78 is 1.88. The Morgan fingerprint density at radius 3 is 2.87 bits per heavy atom. The van der Waals surface area contributed by atoms with Crippen molar-refractivity contribution >= 4 is 22.5 Å². The number of aromatic amines is 1. The van der Waals surface area contributed by atoms with Crippen molar-refractivity contribution in [1.82, 2.24) is 29.9 Å². The van der Waals surface area contributed by atoms with Crippen LogP contribution < -0.4 is 5.32 Å². The van der Waals surface area contributed by atoms with Gasteiger partial charge in [0.05, 0.1) is 24.1 Å². The van der Waals surface area contributed by atoms with E-state index < -0.39 is 0 Å². The number of H-pyrrole nitrogens is 1. The molecule has 0 aliphatic heterocycles. The molecule has 0 saturated heterocycles. The maximum atomic E-state index is 4.38. The maximum absolute atomic E-state index is 4.38. The van der Waals surface area contributed by atoms with Gasteiger partial charge in [0.25, 0.3) is 0 Å². The van der Waals surface area contributed by atoms with E-state index in [2.05, 4.69) is 42.7 Å². The van der Waals surface area contributed by atoms with Crippen molar-refractivity contribution in [3.05, 3.63) is 60.3 Å². The maximum Gasteiger partial charge on any atom is 0.162 e. The third-order valence-corrected chi connectivity index (χ3v) is 3.60. The first-order chi connectivity index (χ1) is 11.3. The Kier molecular flexibility index (Phi) is 3.23. The average molecular weight is 305 g/mol. The van der Waals surface area contributed by atoms with E-state index in [4.69, 9.17) is 0 Å². The molecule has 2 N–H and O–H groups in total. The number of aryl methyl sites for hydroxylation is 1. The van der Waals surface area contributed by atoms with Crippen molar-refractivity contribution < 1.29 is 0 Å². The smallest absolute Gasteiger partial charge is 0.162 e. The van der Waals surface area contributed by atoms with Crippen molar-refractivity contribution in [2.75, 3.05) is 5.32 Å². The van der Waals surface area contributed by atoms with Crippen LogP contribution >= 0.6 is 0 Å². The number of anilines is 2.